The zero-order chi connectivity index (χ0) is 25.8. The van der Waals surface area contributed by atoms with Crippen LogP contribution in [-0.2, 0) is 22.6 Å². The Morgan fingerprint density at radius 3 is 2.61 bits per heavy atom. The average molecular weight is 498 g/mol. The van der Waals surface area contributed by atoms with Gasteiger partial charge in [0.15, 0.2) is 11.5 Å². The molecule has 1 amide bonds. The van der Waals surface area contributed by atoms with E-state index in [1.807, 2.05) is 49.4 Å². The predicted octanol–water partition coefficient (Wildman–Crippen LogP) is 3.11. The second-order valence-electron chi connectivity index (χ2n) is 8.03. The molecular weight excluding hydrogens is 466 g/mol. The number of benzene rings is 2. The van der Waals surface area contributed by atoms with Crippen LogP contribution in [0.1, 0.15) is 24.5 Å². The summed E-state index contributed by atoms with van der Waals surface area (Å²) < 4.78 is 16.3. The first kappa shape index (κ1) is 26.4. The number of carboxylic acids is 1. The molecule has 0 aliphatic rings. The first-order valence-corrected chi connectivity index (χ1v) is 11.4. The number of aromatic nitrogens is 2. The van der Waals surface area contributed by atoms with Gasteiger partial charge in [0.2, 0.25) is 5.95 Å². The summed E-state index contributed by atoms with van der Waals surface area (Å²) in [6, 6.07) is 13.6. The molecule has 1 aromatic heterocycles. The van der Waals surface area contributed by atoms with Gasteiger partial charge in [0.05, 0.1) is 13.7 Å². The zero-order valence-corrected chi connectivity index (χ0v) is 20.2. The molecule has 0 saturated heterocycles. The molecule has 2 atom stereocenters. The number of carboxylic acid groups (broad SMARTS) is 1. The van der Waals surface area contributed by atoms with Gasteiger partial charge in [-0.15, -0.1) is 0 Å². The molecule has 2 aromatic carbocycles. The number of ether oxygens (including phenoxy) is 3. The van der Waals surface area contributed by atoms with Crippen molar-refractivity contribution in [3.8, 4) is 11.5 Å². The fourth-order valence-electron chi connectivity index (χ4n) is 3.34. The second-order valence-corrected chi connectivity index (χ2v) is 8.03. The summed E-state index contributed by atoms with van der Waals surface area (Å²) in [5.41, 5.74) is 7.99. The van der Waals surface area contributed by atoms with Crippen molar-refractivity contribution in [2.45, 2.75) is 38.5 Å². The van der Waals surface area contributed by atoms with Crippen LogP contribution >= 0.6 is 0 Å². The number of hydrazine groups is 1. The van der Waals surface area contributed by atoms with E-state index in [1.54, 1.807) is 18.5 Å². The third kappa shape index (κ3) is 8.51. The molecule has 0 fully saturated rings. The number of rotatable bonds is 14. The van der Waals surface area contributed by atoms with Gasteiger partial charge in [0.1, 0.15) is 12.6 Å². The van der Waals surface area contributed by atoms with Crippen LogP contribution in [0.2, 0.25) is 0 Å². The molecule has 0 saturated carbocycles. The van der Waals surface area contributed by atoms with Gasteiger partial charge in [-0.25, -0.2) is 20.0 Å². The summed E-state index contributed by atoms with van der Waals surface area (Å²) in [5, 5.41) is 11.8. The molecule has 1 heterocycles. The Hall–Kier alpha value is -4.25. The molecule has 0 aliphatic heterocycles. The maximum atomic E-state index is 12.0. The highest BCUT2D eigenvalue weighted by Gasteiger charge is 2.21. The first-order valence-electron chi connectivity index (χ1n) is 11.4. The molecule has 11 nitrogen and oxygen atoms in total. The number of hydrogen-bond acceptors (Lipinski definition) is 8. The van der Waals surface area contributed by atoms with Gasteiger partial charge < -0.3 is 29.6 Å². The third-order valence-corrected chi connectivity index (χ3v) is 5.17. The number of carbonyl (C=O) groups is 2. The van der Waals surface area contributed by atoms with Gasteiger partial charge in [-0.3, -0.25) is 5.43 Å². The number of alkyl carbamates (subject to hydrolysis) is 1. The largest absolute Gasteiger partial charge is 0.493 e. The van der Waals surface area contributed by atoms with E-state index in [-0.39, 0.29) is 25.7 Å². The highest BCUT2D eigenvalue weighted by molar-refractivity contribution is 5.79. The number of hydrogen-bond donors (Lipinski definition) is 5. The van der Waals surface area contributed by atoms with Crippen molar-refractivity contribution >= 4 is 18.0 Å². The lowest BCUT2D eigenvalue weighted by atomic mass is 10.1. The SMILES string of the molecule is COc1cc(CC(C)NNc2ncc[nH]2)ccc1OCCC(NC(=O)OCc1ccccc1)C(=O)O. The maximum Gasteiger partial charge on any atom is 0.408 e. The fourth-order valence-corrected chi connectivity index (χ4v) is 3.34. The normalized spacial score (nSPS) is 12.3. The number of imidazole rings is 1. The van der Waals surface area contributed by atoms with E-state index in [1.165, 1.54) is 7.11 Å². The minimum atomic E-state index is -1.18. The number of aromatic amines is 1. The highest BCUT2D eigenvalue weighted by Crippen LogP contribution is 2.28. The van der Waals surface area contributed by atoms with Gasteiger partial charge in [-0.2, -0.15) is 0 Å². The Balaban J connectivity index is 1.46. The van der Waals surface area contributed by atoms with Crippen LogP contribution < -0.4 is 25.6 Å². The lowest BCUT2D eigenvalue weighted by Crippen LogP contribution is -2.42. The van der Waals surface area contributed by atoms with Crippen molar-refractivity contribution in [3.05, 3.63) is 72.1 Å². The molecule has 36 heavy (non-hydrogen) atoms. The molecule has 0 aliphatic carbocycles. The van der Waals surface area contributed by atoms with Gasteiger partial charge in [-0.05, 0) is 36.6 Å². The zero-order valence-electron chi connectivity index (χ0n) is 20.2. The number of H-pyrrole nitrogens is 1. The van der Waals surface area contributed by atoms with Gasteiger partial charge >= 0.3 is 12.1 Å². The molecule has 0 bridgehead atoms. The summed E-state index contributed by atoms with van der Waals surface area (Å²) in [6.07, 6.45) is 3.33. The van der Waals surface area contributed by atoms with Crippen molar-refractivity contribution in [3.63, 3.8) is 0 Å². The standard InChI is InChI=1S/C25H31N5O6/c1-17(29-30-24-26-11-12-27-24)14-19-8-9-21(22(15-19)34-2)35-13-10-20(23(31)32)28-25(33)36-16-18-6-4-3-5-7-18/h3-9,11-12,15,17,20,29H,10,13-14,16H2,1-2H3,(H,28,33)(H,31,32)(H2,26,27,30). The van der Waals surface area contributed by atoms with Crippen molar-refractivity contribution in [2.24, 2.45) is 0 Å². The van der Waals surface area contributed by atoms with E-state index in [0.717, 1.165) is 11.1 Å². The van der Waals surface area contributed by atoms with Crippen molar-refractivity contribution < 1.29 is 28.9 Å². The summed E-state index contributed by atoms with van der Waals surface area (Å²) in [6.45, 7) is 2.12. The molecule has 5 N–H and O–H groups in total. The number of carbonyl (C=O) groups excluding carboxylic acids is 1. The van der Waals surface area contributed by atoms with E-state index in [4.69, 9.17) is 14.2 Å². The Bertz CT molecular complexity index is 1090. The maximum absolute atomic E-state index is 12.0. The van der Waals surface area contributed by atoms with Gasteiger partial charge in [0.25, 0.3) is 0 Å². The van der Waals surface area contributed by atoms with Crippen LogP contribution in [0.4, 0.5) is 10.7 Å². The van der Waals surface area contributed by atoms with Crippen LogP contribution in [0.5, 0.6) is 11.5 Å². The monoisotopic (exact) mass is 497 g/mol. The number of nitrogens with one attached hydrogen (secondary N) is 4. The van der Waals surface area contributed by atoms with E-state index >= 15 is 0 Å². The minimum Gasteiger partial charge on any atom is -0.493 e. The van der Waals surface area contributed by atoms with Crippen LogP contribution in [0.25, 0.3) is 0 Å². The van der Waals surface area contributed by atoms with Crippen molar-refractivity contribution in [1.29, 1.82) is 0 Å². The Morgan fingerprint density at radius 2 is 1.92 bits per heavy atom. The van der Waals surface area contributed by atoms with E-state index in [9.17, 15) is 14.7 Å². The topological polar surface area (TPSA) is 147 Å². The van der Waals surface area contributed by atoms with Crippen LogP contribution in [0.3, 0.4) is 0 Å². The smallest absolute Gasteiger partial charge is 0.408 e. The van der Waals surface area contributed by atoms with E-state index in [2.05, 4.69) is 26.1 Å². The molecule has 3 aromatic rings. The Morgan fingerprint density at radius 1 is 1.11 bits per heavy atom. The quantitative estimate of drug-likeness (QED) is 0.212. The number of anilines is 1. The van der Waals surface area contributed by atoms with E-state index < -0.39 is 18.1 Å². The number of nitrogens with zero attached hydrogens (tertiary/aromatic N) is 1. The molecule has 11 heteroatoms. The molecule has 0 spiro atoms. The molecular formula is C25H31N5O6. The third-order valence-electron chi connectivity index (χ3n) is 5.17. The van der Waals surface area contributed by atoms with Gasteiger partial charge in [-0.1, -0.05) is 36.4 Å². The highest BCUT2D eigenvalue weighted by atomic mass is 16.5. The first-order chi connectivity index (χ1) is 17.4. The number of aliphatic carboxylic acids is 1. The van der Waals surface area contributed by atoms with E-state index in [0.29, 0.717) is 23.9 Å². The Kier molecular flexibility index (Phi) is 9.95. The van der Waals surface area contributed by atoms with Crippen LogP contribution in [0, 0.1) is 0 Å². The summed E-state index contributed by atoms with van der Waals surface area (Å²) in [5.74, 6) is 0.455. The number of amides is 1. The molecule has 2 unspecified atom stereocenters. The van der Waals surface area contributed by atoms with Crippen molar-refractivity contribution in [2.75, 3.05) is 19.1 Å². The predicted molar refractivity (Wildman–Crippen MR) is 133 cm³/mol. The Labute approximate surface area is 209 Å². The molecule has 3 rings (SSSR count). The average Bonchev–Trinajstić information content (AvgIpc) is 3.40. The minimum absolute atomic E-state index is 0.0417. The summed E-state index contributed by atoms with van der Waals surface area (Å²) in [4.78, 5) is 30.7. The summed E-state index contributed by atoms with van der Waals surface area (Å²) >= 11 is 0. The van der Waals surface area contributed by atoms with Crippen LogP contribution in [0.15, 0.2) is 60.9 Å². The van der Waals surface area contributed by atoms with Crippen LogP contribution in [-0.4, -0.2) is 52.9 Å². The molecule has 0 radical (unpaired) electrons. The lowest BCUT2D eigenvalue weighted by Gasteiger charge is -2.17. The lowest BCUT2D eigenvalue weighted by molar-refractivity contribution is -0.139. The fraction of sp³-hybridized carbons (Fsp3) is 0.320. The molecule has 192 valence electrons. The summed E-state index contributed by atoms with van der Waals surface area (Å²) in [7, 11) is 1.54. The van der Waals surface area contributed by atoms with Gasteiger partial charge in [0, 0.05) is 24.9 Å². The number of methoxy groups -OCH3 is 1. The van der Waals surface area contributed by atoms with Crippen molar-refractivity contribution in [1.82, 2.24) is 20.7 Å². The second kappa shape index (κ2) is 13.6.